The minimum absolute atomic E-state index is 0.0299. The van der Waals surface area contributed by atoms with Crippen LogP contribution in [0.5, 0.6) is 11.5 Å². The minimum Gasteiger partial charge on any atom is -0.493 e. The number of carbonyl (C=O) groups is 2. The average molecular weight is 541 g/mol. The van der Waals surface area contributed by atoms with Crippen LogP contribution in [-0.4, -0.2) is 37.5 Å². The van der Waals surface area contributed by atoms with Gasteiger partial charge in [-0.25, -0.2) is 4.39 Å². The van der Waals surface area contributed by atoms with E-state index in [1.54, 1.807) is 42.3 Å². The lowest BCUT2D eigenvalue weighted by Crippen LogP contribution is -2.44. The molecule has 0 aliphatic heterocycles. The zero-order valence-corrected chi connectivity index (χ0v) is 22.7. The lowest BCUT2D eigenvalue weighted by atomic mass is 10.0. The van der Waals surface area contributed by atoms with Crippen LogP contribution < -0.4 is 14.8 Å². The monoisotopic (exact) mass is 540 g/mol. The van der Waals surface area contributed by atoms with Crippen LogP contribution in [-0.2, 0) is 29.0 Å². The van der Waals surface area contributed by atoms with Gasteiger partial charge in [0.25, 0.3) is 0 Å². The van der Waals surface area contributed by atoms with E-state index < -0.39 is 6.04 Å². The number of benzene rings is 4. The summed E-state index contributed by atoms with van der Waals surface area (Å²) in [6.07, 6.45) is 0.688. The molecule has 0 saturated heterocycles. The van der Waals surface area contributed by atoms with Gasteiger partial charge in [0.1, 0.15) is 11.9 Å². The fourth-order valence-corrected chi connectivity index (χ4v) is 4.56. The van der Waals surface area contributed by atoms with E-state index in [0.29, 0.717) is 41.2 Å². The van der Waals surface area contributed by atoms with Gasteiger partial charge in [-0.1, -0.05) is 78.9 Å². The van der Waals surface area contributed by atoms with E-state index in [2.05, 4.69) is 5.32 Å². The Labute approximate surface area is 234 Å². The molecule has 0 bridgehead atoms. The Morgan fingerprint density at radius 3 is 2.05 bits per heavy atom. The number of halogens is 1. The number of methoxy groups -OCH3 is 2. The van der Waals surface area contributed by atoms with Crippen molar-refractivity contribution in [3.63, 3.8) is 0 Å². The normalized spacial score (nSPS) is 11.4. The molecule has 0 fully saturated rings. The number of carbonyl (C=O) groups excluding carboxylic acids is 2. The van der Waals surface area contributed by atoms with Crippen LogP contribution in [0.3, 0.4) is 0 Å². The molecule has 0 aromatic heterocycles. The molecule has 1 atom stereocenters. The number of amides is 2. The molecule has 0 heterocycles. The molecule has 0 aliphatic rings. The summed E-state index contributed by atoms with van der Waals surface area (Å²) in [6.45, 7) is 0.540. The lowest BCUT2D eigenvalue weighted by Gasteiger charge is -2.32. The van der Waals surface area contributed by atoms with Crippen LogP contribution in [0, 0.1) is 5.82 Å². The van der Waals surface area contributed by atoms with Crippen molar-refractivity contribution in [3.05, 3.63) is 131 Å². The van der Waals surface area contributed by atoms with Crippen molar-refractivity contribution in [1.29, 1.82) is 0 Å². The topological polar surface area (TPSA) is 67.9 Å². The molecule has 4 aromatic rings. The quantitative estimate of drug-likeness (QED) is 0.257. The van der Waals surface area contributed by atoms with E-state index >= 15 is 0 Å². The summed E-state index contributed by atoms with van der Waals surface area (Å²) in [5.74, 6) is 0.150. The van der Waals surface area contributed by atoms with Crippen molar-refractivity contribution in [2.75, 3.05) is 20.8 Å². The number of hydrogen-bond acceptors (Lipinski definition) is 4. The Hall–Kier alpha value is -4.65. The first kappa shape index (κ1) is 28.4. The Kier molecular flexibility index (Phi) is 9.88. The summed E-state index contributed by atoms with van der Waals surface area (Å²) in [5, 5.41) is 3.03. The highest BCUT2D eigenvalue weighted by Crippen LogP contribution is 2.29. The second-order valence-electron chi connectivity index (χ2n) is 9.35. The van der Waals surface area contributed by atoms with Gasteiger partial charge < -0.3 is 19.7 Å². The SMILES string of the molecule is COc1ccc(CC(=O)N(Cc2ccc(F)cc2)[C@@H](C(=O)NCCc2ccccc2)c2ccccc2)cc1OC. The van der Waals surface area contributed by atoms with Crippen LogP contribution in [0.1, 0.15) is 28.3 Å². The van der Waals surface area contributed by atoms with Crippen molar-refractivity contribution < 1.29 is 23.5 Å². The minimum atomic E-state index is -0.894. The van der Waals surface area contributed by atoms with Gasteiger partial charge in [-0.3, -0.25) is 9.59 Å². The van der Waals surface area contributed by atoms with E-state index in [1.807, 2.05) is 60.7 Å². The fraction of sp³-hybridized carbons (Fsp3) is 0.212. The molecule has 0 unspecified atom stereocenters. The van der Waals surface area contributed by atoms with Gasteiger partial charge in [0.15, 0.2) is 11.5 Å². The molecule has 4 rings (SSSR count). The summed E-state index contributed by atoms with van der Waals surface area (Å²) in [5.41, 5.74) is 3.21. The second-order valence-corrected chi connectivity index (χ2v) is 9.35. The van der Waals surface area contributed by atoms with Gasteiger partial charge in [0, 0.05) is 13.1 Å². The highest BCUT2D eigenvalue weighted by Gasteiger charge is 2.31. The maximum atomic E-state index is 14.0. The molecular weight excluding hydrogens is 507 g/mol. The highest BCUT2D eigenvalue weighted by atomic mass is 19.1. The van der Waals surface area contributed by atoms with E-state index in [1.165, 1.54) is 19.2 Å². The fourth-order valence-electron chi connectivity index (χ4n) is 4.56. The summed E-state index contributed by atoms with van der Waals surface area (Å²) >= 11 is 0. The molecule has 0 radical (unpaired) electrons. The average Bonchev–Trinajstić information content (AvgIpc) is 2.99. The summed E-state index contributed by atoms with van der Waals surface area (Å²) < 4.78 is 24.4. The first-order valence-electron chi connectivity index (χ1n) is 13.1. The van der Waals surface area contributed by atoms with Crippen molar-refractivity contribution in [1.82, 2.24) is 10.2 Å². The number of hydrogen-bond donors (Lipinski definition) is 1. The third-order valence-electron chi connectivity index (χ3n) is 6.62. The van der Waals surface area contributed by atoms with Gasteiger partial charge in [0.2, 0.25) is 11.8 Å². The third kappa shape index (κ3) is 7.47. The highest BCUT2D eigenvalue weighted by molar-refractivity contribution is 5.89. The third-order valence-corrected chi connectivity index (χ3v) is 6.62. The van der Waals surface area contributed by atoms with E-state index in [-0.39, 0.29) is 30.6 Å². The molecule has 2 amide bonds. The molecular formula is C33H33FN2O4. The van der Waals surface area contributed by atoms with Gasteiger partial charge in [0.05, 0.1) is 20.6 Å². The van der Waals surface area contributed by atoms with Crippen LogP contribution in [0.25, 0.3) is 0 Å². The molecule has 0 spiro atoms. The summed E-state index contributed by atoms with van der Waals surface area (Å²) in [7, 11) is 3.09. The Balaban J connectivity index is 1.64. The van der Waals surface area contributed by atoms with Crippen molar-refractivity contribution in [2.24, 2.45) is 0 Å². The molecule has 40 heavy (non-hydrogen) atoms. The molecule has 6 nitrogen and oxygen atoms in total. The first-order chi connectivity index (χ1) is 19.5. The summed E-state index contributed by atoms with van der Waals surface area (Å²) in [6, 6.07) is 29.5. The van der Waals surface area contributed by atoms with E-state index in [9.17, 15) is 14.0 Å². The first-order valence-corrected chi connectivity index (χ1v) is 13.1. The number of nitrogens with zero attached hydrogens (tertiary/aromatic N) is 1. The zero-order chi connectivity index (χ0) is 28.3. The number of ether oxygens (including phenoxy) is 2. The van der Waals surface area contributed by atoms with Gasteiger partial charge in [-0.05, 0) is 52.9 Å². The molecule has 4 aromatic carbocycles. The predicted octanol–water partition coefficient (Wildman–Crippen LogP) is 5.51. The van der Waals surface area contributed by atoms with Crippen LogP contribution >= 0.6 is 0 Å². The smallest absolute Gasteiger partial charge is 0.247 e. The van der Waals surface area contributed by atoms with Crippen LogP contribution in [0.15, 0.2) is 103 Å². The Bertz CT molecular complexity index is 1400. The number of rotatable bonds is 12. The largest absolute Gasteiger partial charge is 0.493 e. The number of nitrogens with one attached hydrogen (secondary N) is 1. The van der Waals surface area contributed by atoms with Crippen molar-refractivity contribution in [2.45, 2.75) is 25.4 Å². The lowest BCUT2D eigenvalue weighted by molar-refractivity contribution is -0.141. The second kappa shape index (κ2) is 13.9. The van der Waals surface area contributed by atoms with E-state index in [0.717, 1.165) is 5.56 Å². The zero-order valence-electron chi connectivity index (χ0n) is 22.7. The van der Waals surface area contributed by atoms with Crippen LogP contribution in [0.4, 0.5) is 4.39 Å². The van der Waals surface area contributed by atoms with Crippen LogP contribution in [0.2, 0.25) is 0 Å². The maximum absolute atomic E-state index is 14.0. The van der Waals surface area contributed by atoms with Crippen molar-refractivity contribution >= 4 is 11.8 Å². The Morgan fingerprint density at radius 1 is 0.775 bits per heavy atom. The molecule has 7 heteroatoms. The molecule has 206 valence electrons. The van der Waals surface area contributed by atoms with Gasteiger partial charge in [-0.2, -0.15) is 0 Å². The van der Waals surface area contributed by atoms with Gasteiger partial charge >= 0.3 is 0 Å². The standard InChI is InChI=1S/C33H33FN2O4/c1-39-29-18-15-26(21-30(29)40-2)22-31(37)36(23-25-13-16-28(34)17-14-25)32(27-11-7-4-8-12-27)33(38)35-20-19-24-9-5-3-6-10-24/h3-18,21,32H,19-20,22-23H2,1-2H3,(H,35,38)/t32-/m1/s1. The predicted molar refractivity (Wildman–Crippen MR) is 153 cm³/mol. The molecule has 0 saturated carbocycles. The van der Waals surface area contributed by atoms with E-state index in [4.69, 9.17) is 9.47 Å². The molecule has 0 aliphatic carbocycles. The maximum Gasteiger partial charge on any atom is 0.247 e. The van der Waals surface area contributed by atoms with Gasteiger partial charge in [-0.15, -0.1) is 0 Å². The Morgan fingerprint density at radius 2 is 1.40 bits per heavy atom. The molecule has 1 N–H and O–H groups in total. The van der Waals surface area contributed by atoms with Crippen molar-refractivity contribution in [3.8, 4) is 11.5 Å². The summed E-state index contributed by atoms with van der Waals surface area (Å²) in [4.78, 5) is 29.3.